The van der Waals surface area contributed by atoms with E-state index in [4.69, 9.17) is 9.47 Å². The number of methoxy groups -OCH3 is 1. The van der Waals surface area contributed by atoms with Crippen LogP contribution in [0, 0.1) is 5.82 Å². The third-order valence-corrected chi connectivity index (χ3v) is 4.45. The molecule has 22 heavy (non-hydrogen) atoms. The van der Waals surface area contributed by atoms with E-state index in [0.717, 1.165) is 0 Å². The minimum Gasteiger partial charge on any atom is -0.492 e. The van der Waals surface area contributed by atoms with E-state index in [1.54, 1.807) is 17.9 Å². The number of aliphatic hydroxyl groups is 1. The zero-order chi connectivity index (χ0) is 16.3. The Morgan fingerprint density at radius 3 is 2.59 bits per heavy atom. The molecule has 0 aliphatic carbocycles. The molecule has 0 aromatic heterocycles. The minimum atomic E-state index is -1.17. The summed E-state index contributed by atoms with van der Waals surface area (Å²) in [5, 5.41) is 10.8. The fraction of sp³-hybridized carbons (Fsp3) is 0.533. The molecule has 0 spiro atoms. The van der Waals surface area contributed by atoms with Crippen molar-refractivity contribution in [3.8, 4) is 5.75 Å². The molecule has 1 aromatic rings. The van der Waals surface area contributed by atoms with Gasteiger partial charge in [-0.1, -0.05) is 0 Å². The number of piperidine rings is 1. The molecule has 1 saturated heterocycles. The van der Waals surface area contributed by atoms with E-state index in [1.165, 1.54) is 13.2 Å². The normalized spacial score (nSPS) is 17.2. The van der Waals surface area contributed by atoms with Crippen molar-refractivity contribution in [2.45, 2.75) is 25.4 Å². The van der Waals surface area contributed by atoms with Crippen molar-refractivity contribution < 1.29 is 23.8 Å². The number of likely N-dealkylation sites (tertiary alicyclic amines) is 1. The lowest BCUT2D eigenvalue weighted by Crippen LogP contribution is -2.45. The molecule has 0 bridgehead atoms. The predicted molar refractivity (Wildman–Crippen MR) is 82.4 cm³/mol. The maximum absolute atomic E-state index is 14.0. The first-order valence-corrected chi connectivity index (χ1v) is 7.88. The number of carbonyl (C=O) groups excluding carboxylic acids is 1. The summed E-state index contributed by atoms with van der Waals surface area (Å²) in [5.74, 6) is -0.426. The molecule has 1 aliphatic heterocycles. The number of halogens is 2. The van der Waals surface area contributed by atoms with Gasteiger partial charge < -0.3 is 19.5 Å². The van der Waals surface area contributed by atoms with Gasteiger partial charge in [-0.3, -0.25) is 0 Å². The number of nitrogens with zero attached hydrogens (tertiary/aromatic N) is 1. The molecule has 0 radical (unpaired) electrons. The second-order valence-electron chi connectivity index (χ2n) is 5.19. The highest BCUT2D eigenvalue weighted by molar-refractivity contribution is 9.10. The highest BCUT2D eigenvalue weighted by Crippen LogP contribution is 2.38. The van der Waals surface area contributed by atoms with Crippen LogP contribution in [-0.2, 0) is 10.3 Å². The Morgan fingerprint density at radius 1 is 1.45 bits per heavy atom. The van der Waals surface area contributed by atoms with Crippen LogP contribution in [0.1, 0.15) is 25.3 Å². The molecule has 0 saturated carbocycles. The van der Waals surface area contributed by atoms with Gasteiger partial charge in [-0.2, -0.15) is 0 Å². The maximum atomic E-state index is 14.0. The van der Waals surface area contributed by atoms with E-state index in [9.17, 15) is 14.3 Å². The lowest BCUT2D eigenvalue weighted by atomic mass is 9.84. The Morgan fingerprint density at radius 2 is 2.09 bits per heavy atom. The van der Waals surface area contributed by atoms with Gasteiger partial charge in [0.2, 0.25) is 0 Å². The van der Waals surface area contributed by atoms with Crippen molar-refractivity contribution in [2.75, 3.05) is 26.8 Å². The summed E-state index contributed by atoms with van der Waals surface area (Å²) in [6, 6.07) is 2.94. The molecule has 0 unspecified atom stereocenters. The third kappa shape index (κ3) is 3.35. The summed E-state index contributed by atoms with van der Waals surface area (Å²) in [7, 11) is 1.38. The van der Waals surface area contributed by atoms with Crippen molar-refractivity contribution in [1.82, 2.24) is 4.90 Å². The zero-order valence-electron chi connectivity index (χ0n) is 12.6. The van der Waals surface area contributed by atoms with Crippen LogP contribution in [0.3, 0.4) is 0 Å². The van der Waals surface area contributed by atoms with Crippen molar-refractivity contribution >= 4 is 22.0 Å². The molecule has 1 aromatic carbocycles. The molecular weight excluding hydrogens is 357 g/mol. The first-order valence-electron chi connectivity index (χ1n) is 7.09. The lowest BCUT2D eigenvalue weighted by molar-refractivity contribution is -0.0247. The molecule has 1 aliphatic rings. The molecule has 1 heterocycles. The van der Waals surface area contributed by atoms with Gasteiger partial charge in [0.1, 0.15) is 0 Å². The summed E-state index contributed by atoms with van der Waals surface area (Å²) < 4.78 is 24.3. The summed E-state index contributed by atoms with van der Waals surface area (Å²) in [4.78, 5) is 13.2. The van der Waals surface area contributed by atoms with Gasteiger partial charge >= 0.3 is 6.09 Å². The van der Waals surface area contributed by atoms with Crippen molar-refractivity contribution in [3.63, 3.8) is 0 Å². The second-order valence-corrected chi connectivity index (χ2v) is 6.05. The van der Waals surface area contributed by atoms with Crippen LogP contribution < -0.4 is 4.74 Å². The molecule has 1 N–H and O–H groups in total. The van der Waals surface area contributed by atoms with E-state index in [2.05, 4.69) is 15.9 Å². The van der Waals surface area contributed by atoms with Crippen LogP contribution in [0.2, 0.25) is 0 Å². The van der Waals surface area contributed by atoms with Crippen molar-refractivity contribution in [1.29, 1.82) is 0 Å². The van der Waals surface area contributed by atoms with Crippen LogP contribution in [0.4, 0.5) is 9.18 Å². The Labute approximate surface area is 137 Å². The van der Waals surface area contributed by atoms with E-state index < -0.39 is 11.4 Å². The zero-order valence-corrected chi connectivity index (χ0v) is 14.2. The Kier molecular flexibility index (Phi) is 5.28. The molecular formula is C15H19BrFNO4. The van der Waals surface area contributed by atoms with E-state index >= 15 is 0 Å². The van der Waals surface area contributed by atoms with Gasteiger partial charge in [-0.05, 0) is 53.4 Å². The number of carbonyl (C=O) groups is 1. The van der Waals surface area contributed by atoms with Crippen LogP contribution in [0.25, 0.3) is 0 Å². The molecule has 1 amide bonds. The van der Waals surface area contributed by atoms with Gasteiger partial charge in [0.05, 0.1) is 23.8 Å². The monoisotopic (exact) mass is 375 g/mol. The lowest BCUT2D eigenvalue weighted by Gasteiger charge is -2.38. The second kappa shape index (κ2) is 6.83. The molecule has 122 valence electrons. The number of rotatable bonds is 3. The third-order valence-electron chi connectivity index (χ3n) is 3.86. The predicted octanol–water partition coefficient (Wildman–Crippen LogP) is 3.04. The van der Waals surface area contributed by atoms with Gasteiger partial charge in [-0.25, -0.2) is 9.18 Å². The van der Waals surface area contributed by atoms with Gasteiger partial charge in [0, 0.05) is 13.1 Å². The SMILES string of the molecule is CCOC(=O)N1CCC(O)(c2cc(F)c(OC)c(Br)c2)CC1. The topological polar surface area (TPSA) is 59.0 Å². The molecule has 7 heteroatoms. The summed E-state index contributed by atoms with van der Waals surface area (Å²) in [6.07, 6.45) is 0.264. The fourth-order valence-electron chi connectivity index (χ4n) is 2.59. The number of benzene rings is 1. The Bertz CT molecular complexity index is 535. The largest absolute Gasteiger partial charge is 0.492 e. The van der Waals surface area contributed by atoms with Crippen LogP contribution >= 0.6 is 15.9 Å². The van der Waals surface area contributed by atoms with E-state index in [-0.39, 0.29) is 11.8 Å². The first-order chi connectivity index (χ1) is 10.4. The molecule has 1 fully saturated rings. The summed E-state index contributed by atoms with van der Waals surface area (Å²) in [6.45, 7) is 2.79. The minimum absolute atomic E-state index is 0.108. The highest BCUT2D eigenvalue weighted by Gasteiger charge is 2.36. The van der Waals surface area contributed by atoms with Crippen LogP contribution in [0.5, 0.6) is 5.75 Å². The molecule has 2 rings (SSSR count). The average molecular weight is 376 g/mol. The maximum Gasteiger partial charge on any atom is 0.409 e. The van der Waals surface area contributed by atoms with Gasteiger partial charge in [0.15, 0.2) is 11.6 Å². The Hall–Kier alpha value is -1.34. The number of hydrogen-bond acceptors (Lipinski definition) is 4. The standard InChI is InChI=1S/C15H19BrFNO4/c1-3-22-14(19)18-6-4-15(20,5-7-18)10-8-11(16)13(21-2)12(17)9-10/h8-9,20H,3-7H2,1-2H3. The Balaban J connectivity index is 2.15. The van der Waals surface area contributed by atoms with Gasteiger partial charge in [0.25, 0.3) is 0 Å². The number of hydrogen-bond donors (Lipinski definition) is 1. The number of ether oxygens (including phenoxy) is 2. The summed E-state index contributed by atoms with van der Waals surface area (Å²) >= 11 is 3.24. The van der Waals surface area contributed by atoms with Crippen molar-refractivity contribution in [2.24, 2.45) is 0 Å². The van der Waals surface area contributed by atoms with Crippen LogP contribution in [0.15, 0.2) is 16.6 Å². The smallest absolute Gasteiger partial charge is 0.409 e. The van der Waals surface area contributed by atoms with E-state index in [1.807, 2.05) is 0 Å². The molecule has 5 nitrogen and oxygen atoms in total. The van der Waals surface area contributed by atoms with Crippen molar-refractivity contribution in [3.05, 3.63) is 28.0 Å². The quantitative estimate of drug-likeness (QED) is 0.881. The molecule has 0 atom stereocenters. The van der Waals surface area contributed by atoms with Gasteiger partial charge in [-0.15, -0.1) is 0 Å². The number of amides is 1. The van der Waals surface area contributed by atoms with E-state index in [0.29, 0.717) is 42.6 Å². The first kappa shape index (κ1) is 17.0. The van der Waals surface area contributed by atoms with Crippen LogP contribution in [-0.4, -0.2) is 42.9 Å². The highest BCUT2D eigenvalue weighted by atomic mass is 79.9. The fourth-order valence-corrected chi connectivity index (χ4v) is 3.18. The summed E-state index contributed by atoms with van der Waals surface area (Å²) in [5.41, 5.74) is -0.695. The average Bonchev–Trinajstić information content (AvgIpc) is 2.48.